The smallest absolute Gasteiger partial charge is 0.316 e. The maximum absolute atomic E-state index is 14.3. The van der Waals surface area contributed by atoms with E-state index in [1.165, 1.54) is 0 Å². The second-order valence-corrected chi connectivity index (χ2v) is 19.2. The normalized spacial score (nSPS) is 49.6. The van der Waals surface area contributed by atoms with Gasteiger partial charge in [-0.3, -0.25) is 4.79 Å². The highest BCUT2D eigenvalue weighted by molar-refractivity contribution is 5.78. The lowest BCUT2D eigenvalue weighted by molar-refractivity contribution is -0.340. The van der Waals surface area contributed by atoms with Crippen molar-refractivity contribution in [3.05, 3.63) is 47.1 Å². The van der Waals surface area contributed by atoms with E-state index in [2.05, 4.69) is 40.7 Å². The number of allylic oxidation sites excluding steroid dienone is 2. The summed E-state index contributed by atoms with van der Waals surface area (Å²) in [7, 11) is 3.22. The summed E-state index contributed by atoms with van der Waals surface area (Å²) in [5.41, 5.74) is 0.184. The summed E-state index contributed by atoms with van der Waals surface area (Å²) in [6, 6.07) is 0. The maximum atomic E-state index is 14.3. The monoisotopic (exact) mass is 860 g/mol. The molecule has 14 heteroatoms. The van der Waals surface area contributed by atoms with Crippen molar-refractivity contribution in [1.82, 2.24) is 0 Å². The zero-order chi connectivity index (χ0) is 44.0. The molecule has 5 saturated heterocycles. The van der Waals surface area contributed by atoms with Crippen molar-refractivity contribution >= 4 is 5.97 Å². The zero-order valence-electron chi connectivity index (χ0n) is 37.8. The van der Waals surface area contributed by atoms with Crippen LogP contribution in [0.25, 0.3) is 0 Å². The van der Waals surface area contributed by atoms with Crippen molar-refractivity contribution in [2.75, 3.05) is 20.8 Å². The van der Waals surface area contributed by atoms with Crippen molar-refractivity contribution in [3.63, 3.8) is 0 Å². The van der Waals surface area contributed by atoms with Crippen LogP contribution in [0.5, 0.6) is 0 Å². The Kier molecular flexibility index (Phi) is 14.8. The minimum atomic E-state index is -1.82. The number of aliphatic hydroxyl groups is 3. The molecule has 3 N–H and O–H groups in total. The first-order valence-electron chi connectivity index (χ1n) is 22.6. The first kappa shape index (κ1) is 46.9. The highest BCUT2D eigenvalue weighted by Crippen LogP contribution is 2.48. The van der Waals surface area contributed by atoms with E-state index in [4.69, 9.17) is 47.4 Å². The van der Waals surface area contributed by atoms with Gasteiger partial charge in [0.1, 0.15) is 42.0 Å². The first-order chi connectivity index (χ1) is 29.0. The third-order valence-corrected chi connectivity index (χ3v) is 14.4. The molecule has 5 fully saturated rings. The fourth-order valence-electron chi connectivity index (χ4n) is 10.8. The molecule has 344 valence electrons. The van der Waals surface area contributed by atoms with Gasteiger partial charge in [-0.05, 0) is 69.1 Å². The van der Waals surface area contributed by atoms with Gasteiger partial charge < -0.3 is 62.7 Å². The van der Waals surface area contributed by atoms with Crippen LogP contribution >= 0.6 is 0 Å². The van der Waals surface area contributed by atoms with Crippen LogP contribution in [0.3, 0.4) is 0 Å². The van der Waals surface area contributed by atoms with E-state index in [0.717, 1.165) is 12.0 Å². The maximum Gasteiger partial charge on any atom is 0.316 e. The van der Waals surface area contributed by atoms with Crippen molar-refractivity contribution in [2.24, 2.45) is 23.7 Å². The molecule has 6 heterocycles. The summed E-state index contributed by atoms with van der Waals surface area (Å²) < 4.78 is 63.7. The molecular formula is C47H72O14. The molecule has 2 bridgehead atoms. The Hall–Kier alpha value is -2.05. The topological polar surface area (TPSA) is 170 Å². The predicted molar refractivity (Wildman–Crippen MR) is 223 cm³/mol. The van der Waals surface area contributed by atoms with Gasteiger partial charge in [-0.1, -0.05) is 58.1 Å². The quantitative estimate of drug-likeness (QED) is 0.225. The number of hydrogen-bond donors (Lipinski definition) is 3. The van der Waals surface area contributed by atoms with Crippen LogP contribution in [-0.2, 0) is 52.2 Å². The fraction of sp³-hybridized carbons (Fsp3) is 0.809. The molecule has 0 aromatic heterocycles. The molecule has 0 unspecified atom stereocenters. The number of hydrogen-bond acceptors (Lipinski definition) is 14. The molecule has 61 heavy (non-hydrogen) atoms. The van der Waals surface area contributed by atoms with Gasteiger partial charge in [-0.25, -0.2) is 0 Å². The summed E-state index contributed by atoms with van der Waals surface area (Å²) in [4.78, 5) is 14.3. The minimum Gasteiger partial charge on any atom is -0.462 e. The molecule has 6 aliphatic heterocycles. The van der Waals surface area contributed by atoms with Crippen molar-refractivity contribution in [1.29, 1.82) is 0 Å². The summed E-state index contributed by atoms with van der Waals surface area (Å²) in [5.74, 6) is -2.15. The lowest BCUT2D eigenvalue weighted by Crippen LogP contribution is -2.58. The van der Waals surface area contributed by atoms with Gasteiger partial charge in [0.05, 0.1) is 49.3 Å². The van der Waals surface area contributed by atoms with Gasteiger partial charge in [0.15, 0.2) is 18.4 Å². The predicted octanol–water partition coefficient (Wildman–Crippen LogP) is 5.21. The van der Waals surface area contributed by atoms with E-state index in [-0.39, 0.29) is 36.8 Å². The van der Waals surface area contributed by atoms with Crippen LogP contribution in [0.4, 0.5) is 0 Å². The van der Waals surface area contributed by atoms with Gasteiger partial charge >= 0.3 is 5.97 Å². The Morgan fingerprint density at radius 1 is 0.885 bits per heavy atom. The SMILES string of the molecule is CO[C@H]1C[C@H](O[C@H]2[C@H](C)O[C@@H](O[C@@H]3/C(C)=C\C[C@@H]4C[C@H](C[C@]5(CC[C@H](C)[C@@H](C(C)C)O5)O4)OC(=O)[C@@H]4C=C(C)[C@@H](O)[C@@H]5OC/C(=C/C=C/[C@@H]3C)[C@]45O)C[C@@H]2OC)O[C@@H](C)[C@@H]1O. The number of esters is 1. The van der Waals surface area contributed by atoms with Gasteiger partial charge in [-0.2, -0.15) is 0 Å². The lowest BCUT2D eigenvalue weighted by atomic mass is 9.71. The van der Waals surface area contributed by atoms with E-state index in [9.17, 15) is 20.1 Å². The average Bonchev–Trinajstić information content (AvgIpc) is 3.56. The number of methoxy groups -OCH3 is 2. The fourth-order valence-corrected chi connectivity index (χ4v) is 10.8. The van der Waals surface area contributed by atoms with Crippen molar-refractivity contribution in [2.45, 2.75) is 198 Å². The zero-order valence-corrected chi connectivity index (χ0v) is 37.8. The molecule has 7 rings (SSSR count). The number of ether oxygens (including phenoxy) is 10. The number of carbonyl (C=O) groups excluding carboxylic acids is 1. The van der Waals surface area contributed by atoms with E-state index >= 15 is 0 Å². The van der Waals surface area contributed by atoms with Gasteiger partial charge in [0, 0.05) is 52.2 Å². The van der Waals surface area contributed by atoms with Crippen LogP contribution in [-0.4, -0.2) is 139 Å². The standard InChI is InChI=1S/C47H72O14/c1-24(2)41-27(5)16-17-46(61-41)22-33-19-32(60-46)15-14-26(4)42(25(3)12-11-13-31-23-54-44-39(48)28(6)18-34(45(50)57-33)47(31,44)51)58-38-21-36(53-10)43(30(8)56-38)59-37-20-35(52-9)40(49)29(7)55-37/h11-14,18,24-25,27,29-30,32-44,48-49,51H,15-17,19-23H2,1-10H3/b12-11+,26-14-,31-13-/t25-,27-,29-,30-,32+,33+,34-,35-,36-,37-,38-,39+,40-,41+,42-,43-,44-,46+,47-/m0/s1. The van der Waals surface area contributed by atoms with Crippen molar-refractivity contribution < 1.29 is 67.5 Å². The number of aliphatic hydroxyl groups excluding tert-OH is 2. The third kappa shape index (κ3) is 9.67. The molecule has 0 amide bonds. The highest BCUT2D eigenvalue weighted by Gasteiger charge is 2.60. The van der Waals surface area contributed by atoms with Crippen LogP contribution in [0.15, 0.2) is 47.1 Å². The van der Waals surface area contributed by atoms with Crippen molar-refractivity contribution in [3.8, 4) is 0 Å². The Morgan fingerprint density at radius 3 is 2.31 bits per heavy atom. The molecular weight excluding hydrogens is 789 g/mol. The number of rotatable bonds is 7. The molecule has 1 aliphatic carbocycles. The number of fused-ring (bicyclic) bond motifs is 2. The molecule has 0 radical (unpaired) electrons. The summed E-state index contributed by atoms with van der Waals surface area (Å²) in [5, 5.41) is 34.2. The van der Waals surface area contributed by atoms with E-state index < -0.39 is 90.8 Å². The summed E-state index contributed by atoms with van der Waals surface area (Å²) >= 11 is 0. The largest absolute Gasteiger partial charge is 0.462 e. The van der Waals surface area contributed by atoms with E-state index in [1.807, 2.05) is 19.1 Å². The Morgan fingerprint density at radius 2 is 1.59 bits per heavy atom. The Labute approximate surface area is 361 Å². The summed E-state index contributed by atoms with van der Waals surface area (Å²) in [6.07, 6.45) is 5.52. The lowest BCUT2D eigenvalue weighted by Gasteiger charge is -2.50. The minimum absolute atomic E-state index is 0.0210. The highest BCUT2D eigenvalue weighted by atomic mass is 16.7. The second-order valence-electron chi connectivity index (χ2n) is 19.2. The van der Waals surface area contributed by atoms with Crippen LogP contribution in [0.1, 0.15) is 100 Å². The average molecular weight is 861 g/mol. The van der Waals surface area contributed by atoms with Gasteiger partial charge in [0.25, 0.3) is 0 Å². The number of carbonyl (C=O) groups is 1. The Bertz CT molecular complexity index is 1660. The molecule has 1 spiro atoms. The second kappa shape index (κ2) is 19.2. The molecule has 0 aromatic carbocycles. The Balaban J connectivity index is 1.17. The molecule has 0 saturated carbocycles. The van der Waals surface area contributed by atoms with Crippen LogP contribution in [0.2, 0.25) is 0 Å². The van der Waals surface area contributed by atoms with E-state index in [1.54, 1.807) is 40.2 Å². The van der Waals surface area contributed by atoms with Crippen LogP contribution < -0.4 is 0 Å². The van der Waals surface area contributed by atoms with Gasteiger partial charge in [0.2, 0.25) is 0 Å². The molecule has 7 aliphatic rings. The third-order valence-electron chi connectivity index (χ3n) is 14.4. The van der Waals surface area contributed by atoms with Gasteiger partial charge in [-0.15, -0.1) is 0 Å². The molecule has 14 nitrogen and oxygen atoms in total. The first-order valence-corrected chi connectivity index (χ1v) is 22.6. The van der Waals surface area contributed by atoms with E-state index in [0.29, 0.717) is 55.6 Å². The summed E-state index contributed by atoms with van der Waals surface area (Å²) in [6.45, 7) is 16.2. The molecule has 0 aromatic rings. The molecule has 19 atom stereocenters. The van der Waals surface area contributed by atoms with Crippen LogP contribution in [0, 0.1) is 23.7 Å².